The normalized spacial score (nSPS) is 16.6. The van der Waals surface area contributed by atoms with Crippen LogP contribution in [0.3, 0.4) is 0 Å². The Hall–Kier alpha value is -3.09. The average molecular weight is 616 g/mol. The van der Waals surface area contributed by atoms with E-state index in [0.29, 0.717) is 34.1 Å². The van der Waals surface area contributed by atoms with E-state index in [-0.39, 0.29) is 12.1 Å². The van der Waals surface area contributed by atoms with E-state index in [9.17, 15) is 4.79 Å². The van der Waals surface area contributed by atoms with E-state index < -0.39 is 0 Å². The number of halogens is 1. The van der Waals surface area contributed by atoms with Crippen LogP contribution in [0.4, 0.5) is 11.5 Å². The first-order chi connectivity index (χ1) is 18.1. The molecule has 1 aromatic heterocycles. The fraction of sp³-hybridized carbons (Fsp3) is 0.333. The van der Waals surface area contributed by atoms with Crippen molar-refractivity contribution in [2.24, 2.45) is 0 Å². The lowest BCUT2D eigenvalue weighted by Crippen LogP contribution is -2.35. The van der Waals surface area contributed by atoms with Crippen LogP contribution in [0, 0.1) is 0 Å². The van der Waals surface area contributed by atoms with Crippen LogP contribution in [0.15, 0.2) is 54.7 Å². The summed E-state index contributed by atoms with van der Waals surface area (Å²) in [6, 6.07) is 15.3. The first-order valence-corrected chi connectivity index (χ1v) is 13.7. The number of anilines is 2. The molecule has 3 aromatic rings. The van der Waals surface area contributed by atoms with Crippen LogP contribution in [0.1, 0.15) is 47.0 Å². The summed E-state index contributed by atoms with van der Waals surface area (Å²) in [6.45, 7) is 2.00. The highest BCUT2D eigenvalue weighted by atomic mass is 127. The second kappa shape index (κ2) is 12.0. The Morgan fingerprint density at radius 3 is 2.73 bits per heavy atom. The minimum absolute atomic E-state index is 0.00487. The number of amides is 1. The molecule has 2 aliphatic heterocycles. The van der Waals surface area contributed by atoms with Gasteiger partial charge in [-0.15, -0.1) is 5.48 Å². The van der Waals surface area contributed by atoms with Crippen LogP contribution in [-0.4, -0.2) is 40.6 Å². The molecule has 1 fully saturated rings. The smallest absolute Gasteiger partial charge is 0.255 e. The van der Waals surface area contributed by atoms with E-state index >= 15 is 0 Å². The highest BCUT2D eigenvalue weighted by molar-refractivity contribution is 14.1. The van der Waals surface area contributed by atoms with Gasteiger partial charge in [-0.2, -0.15) is 0 Å². The summed E-state index contributed by atoms with van der Waals surface area (Å²) >= 11 is 2.13. The number of piperidine rings is 1. The molecule has 1 amide bonds. The van der Waals surface area contributed by atoms with Crippen molar-refractivity contribution in [1.29, 1.82) is 0 Å². The summed E-state index contributed by atoms with van der Waals surface area (Å²) in [4.78, 5) is 25.0. The molecule has 0 spiro atoms. The van der Waals surface area contributed by atoms with Gasteiger partial charge >= 0.3 is 0 Å². The van der Waals surface area contributed by atoms with Crippen molar-refractivity contribution in [2.75, 3.05) is 30.1 Å². The number of likely N-dealkylation sites (tertiary alicyclic amines) is 1. The van der Waals surface area contributed by atoms with Crippen LogP contribution in [0.25, 0.3) is 0 Å². The summed E-state index contributed by atoms with van der Waals surface area (Å²) < 4.78 is 17.5. The minimum atomic E-state index is -0.387. The van der Waals surface area contributed by atoms with Crippen LogP contribution in [0.5, 0.6) is 17.2 Å². The van der Waals surface area contributed by atoms with Gasteiger partial charge in [-0.25, -0.2) is 4.98 Å². The minimum Gasteiger partial charge on any atom is -0.497 e. The lowest BCUT2D eigenvalue weighted by Gasteiger charge is -2.26. The molecular formula is C27H29IN4O5. The summed E-state index contributed by atoms with van der Waals surface area (Å²) in [5.74, 6) is 2.52. The zero-order valence-corrected chi connectivity index (χ0v) is 22.7. The number of aromatic nitrogens is 1. The second-order valence-corrected chi connectivity index (χ2v) is 9.44. The molecule has 1 saturated heterocycles. The molecule has 3 heterocycles. The average Bonchev–Trinajstić information content (AvgIpc) is 3.35. The van der Waals surface area contributed by atoms with Crippen molar-refractivity contribution < 1.29 is 23.8 Å². The molecule has 0 aliphatic carbocycles. The third-order valence-electron chi connectivity index (χ3n) is 6.36. The Kier molecular flexibility index (Phi) is 8.27. The molecule has 9 nitrogen and oxygen atoms in total. The molecule has 2 aliphatic rings. The number of hydrogen-bond donors (Lipinski definition) is 2. The Morgan fingerprint density at radius 1 is 1.16 bits per heavy atom. The van der Waals surface area contributed by atoms with Gasteiger partial charge in [0, 0.05) is 36.6 Å². The Balaban J connectivity index is 1.26. The van der Waals surface area contributed by atoms with Crippen molar-refractivity contribution in [3.05, 3.63) is 71.4 Å². The molecule has 0 saturated carbocycles. The molecule has 10 heteroatoms. The van der Waals surface area contributed by atoms with Crippen LogP contribution >= 0.6 is 22.6 Å². The molecule has 5 rings (SSSR count). The number of pyridine rings is 1. The Bertz CT molecular complexity index is 1230. The first-order valence-electron chi connectivity index (χ1n) is 12.2. The van der Waals surface area contributed by atoms with E-state index in [0.717, 1.165) is 48.5 Å². The quantitative estimate of drug-likeness (QED) is 0.246. The lowest BCUT2D eigenvalue weighted by atomic mass is 10.1. The van der Waals surface area contributed by atoms with Crippen molar-refractivity contribution in [3.8, 4) is 17.2 Å². The number of alkyl halides is 1. The third kappa shape index (κ3) is 6.08. The summed E-state index contributed by atoms with van der Waals surface area (Å²) in [5.41, 5.74) is 6.17. The SMILES string of the molecule is COc1ccc(COC2NOc3cc(Nc4ncc(C(=O)N5CCCCC5)cc4OCI)ccc32)cc1. The molecule has 2 aromatic carbocycles. The van der Waals surface area contributed by atoms with E-state index in [1.165, 1.54) is 6.42 Å². The predicted octanol–water partition coefficient (Wildman–Crippen LogP) is 5.34. The number of hydrogen-bond acceptors (Lipinski definition) is 8. The van der Waals surface area contributed by atoms with E-state index in [1.807, 2.05) is 47.4 Å². The molecule has 1 atom stereocenters. The van der Waals surface area contributed by atoms with Crippen LogP contribution in [0.2, 0.25) is 0 Å². The summed E-state index contributed by atoms with van der Waals surface area (Å²) in [5, 5.41) is 3.29. The van der Waals surface area contributed by atoms with Gasteiger partial charge in [0.05, 0.1) is 19.3 Å². The number of benzene rings is 2. The van der Waals surface area contributed by atoms with Crippen LogP contribution in [-0.2, 0) is 11.3 Å². The Morgan fingerprint density at radius 2 is 1.97 bits per heavy atom. The number of methoxy groups -OCH3 is 1. The molecular weight excluding hydrogens is 587 g/mol. The maximum Gasteiger partial charge on any atom is 0.255 e. The van der Waals surface area contributed by atoms with Crippen molar-refractivity contribution in [2.45, 2.75) is 32.1 Å². The Labute approximate surface area is 229 Å². The third-order valence-corrected chi connectivity index (χ3v) is 6.67. The lowest BCUT2D eigenvalue weighted by molar-refractivity contribution is -0.0269. The highest BCUT2D eigenvalue weighted by Gasteiger charge is 2.26. The van der Waals surface area contributed by atoms with E-state index in [1.54, 1.807) is 19.4 Å². The largest absolute Gasteiger partial charge is 0.497 e. The van der Waals surface area contributed by atoms with Gasteiger partial charge in [-0.3, -0.25) is 4.79 Å². The predicted molar refractivity (Wildman–Crippen MR) is 148 cm³/mol. The summed E-state index contributed by atoms with van der Waals surface area (Å²) in [7, 11) is 1.64. The van der Waals surface area contributed by atoms with E-state index in [4.69, 9.17) is 19.0 Å². The van der Waals surface area contributed by atoms with E-state index in [2.05, 4.69) is 38.4 Å². The van der Waals surface area contributed by atoms with Gasteiger partial charge in [0.2, 0.25) is 0 Å². The second-order valence-electron chi connectivity index (χ2n) is 8.81. The highest BCUT2D eigenvalue weighted by Crippen LogP contribution is 2.36. The molecule has 37 heavy (non-hydrogen) atoms. The van der Waals surface area contributed by atoms with Crippen molar-refractivity contribution in [1.82, 2.24) is 15.4 Å². The number of carbonyl (C=O) groups is 1. The van der Waals surface area contributed by atoms with Crippen LogP contribution < -0.4 is 25.1 Å². The fourth-order valence-corrected chi connectivity index (χ4v) is 4.70. The standard InChI is InChI=1S/C27H29IN4O5/c1-34-21-8-5-18(6-9-21)16-35-26-22-10-7-20(14-23(22)37-31-26)30-25-24(36-17-28)13-19(15-29-25)27(33)32-11-3-2-4-12-32/h5-10,13-15,26,31H,2-4,11-12,16-17H2,1H3,(H,29,30). The maximum atomic E-state index is 12.9. The molecule has 194 valence electrons. The first kappa shape index (κ1) is 25.6. The van der Waals surface area contributed by atoms with Gasteiger partial charge in [-0.1, -0.05) is 12.1 Å². The number of hydroxylamine groups is 1. The summed E-state index contributed by atoms with van der Waals surface area (Å²) in [6.07, 6.45) is 4.47. The molecule has 1 unspecified atom stereocenters. The number of rotatable bonds is 9. The number of nitrogens with zero attached hydrogens (tertiary/aromatic N) is 2. The zero-order valence-electron chi connectivity index (χ0n) is 20.5. The fourth-order valence-electron chi connectivity index (χ4n) is 4.36. The molecule has 0 radical (unpaired) electrons. The number of ether oxygens (including phenoxy) is 3. The van der Waals surface area contributed by atoms with Gasteiger partial charge < -0.3 is 29.3 Å². The van der Waals surface area contributed by atoms with Gasteiger partial charge in [0.25, 0.3) is 5.91 Å². The van der Waals surface area contributed by atoms with Crippen molar-refractivity contribution >= 4 is 40.0 Å². The number of fused-ring (bicyclic) bond motifs is 1. The molecule has 2 N–H and O–H groups in total. The number of nitrogens with one attached hydrogen (secondary N) is 2. The maximum absolute atomic E-state index is 12.9. The van der Waals surface area contributed by atoms with Gasteiger partial charge in [-0.05, 0) is 77.7 Å². The molecule has 0 bridgehead atoms. The topological polar surface area (TPSA) is 94.2 Å². The van der Waals surface area contributed by atoms with Crippen molar-refractivity contribution in [3.63, 3.8) is 0 Å². The van der Waals surface area contributed by atoms with Gasteiger partial charge in [0.15, 0.2) is 23.5 Å². The number of carbonyl (C=O) groups excluding carboxylic acids is 1. The zero-order chi connectivity index (χ0) is 25.6. The monoisotopic (exact) mass is 616 g/mol. The van der Waals surface area contributed by atoms with Gasteiger partial charge in [0.1, 0.15) is 10.4 Å².